The molecule has 4 heteroatoms. The molecule has 3 aromatic carbocycles. The van der Waals surface area contributed by atoms with Gasteiger partial charge in [-0.3, -0.25) is 4.79 Å². The Kier molecular flexibility index (Phi) is 11.1. The van der Waals surface area contributed by atoms with Gasteiger partial charge in [0.15, 0.2) is 17.3 Å². The molecule has 4 nitrogen and oxygen atoms in total. The number of aryl methyl sites for hydroxylation is 2. The van der Waals surface area contributed by atoms with E-state index >= 15 is 0 Å². The van der Waals surface area contributed by atoms with Crippen LogP contribution in [0.15, 0.2) is 84.9 Å². The number of rotatable bonds is 15. The number of carbonyl (C=O) groups is 1. The van der Waals surface area contributed by atoms with Crippen LogP contribution in [0.5, 0.6) is 17.2 Å². The molecule has 0 saturated heterocycles. The smallest absolute Gasteiger partial charge is 0.161 e. The van der Waals surface area contributed by atoms with Crippen molar-refractivity contribution in [2.45, 2.75) is 58.3 Å². The molecule has 3 aromatic rings. The molecular formula is C32H38O4. The Morgan fingerprint density at radius 2 is 1.58 bits per heavy atom. The fraction of sp³-hybridized carbons (Fsp3) is 0.344. The van der Waals surface area contributed by atoms with Crippen LogP contribution >= 0.6 is 0 Å². The Balaban J connectivity index is 1.32. The van der Waals surface area contributed by atoms with E-state index in [9.17, 15) is 15.0 Å². The summed E-state index contributed by atoms with van der Waals surface area (Å²) in [5, 5.41) is 19.5. The van der Waals surface area contributed by atoms with Crippen molar-refractivity contribution in [3.8, 4) is 17.2 Å². The maximum absolute atomic E-state index is 12.3. The molecule has 36 heavy (non-hydrogen) atoms. The molecule has 0 saturated carbocycles. The normalized spacial score (nSPS) is 12.0. The zero-order chi connectivity index (χ0) is 25.6. The minimum atomic E-state index is 0.0914. The Morgan fingerprint density at radius 3 is 2.36 bits per heavy atom. The highest BCUT2D eigenvalue weighted by molar-refractivity contribution is 5.89. The number of phenolic OH excluding ortho intramolecular Hbond substituents is 2. The van der Waals surface area contributed by atoms with Crippen molar-refractivity contribution in [2.24, 2.45) is 5.92 Å². The first kappa shape index (κ1) is 27.1. The van der Waals surface area contributed by atoms with Crippen molar-refractivity contribution >= 4 is 5.78 Å². The van der Waals surface area contributed by atoms with E-state index in [0.717, 1.165) is 30.4 Å². The quantitative estimate of drug-likeness (QED) is 0.176. The van der Waals surface area contributed by atoms with E-state index in [1.807, 2.05) is 24.3 Å². The molecule has 190 valence electrons. The molecule has 0 spiro atoms. The molecule has 0 amide bonds. The van der Waals surface area contributed by atoms with Gasteiger partial charge in [0.05, 0.1) is 6.61 Å². The minimum Gasteiger partial charge on any atom is -0.508 e. The lowest BCUT2D eigenvalue weighted by atomic mass is 9.96. The molecule has 1 atom stereocenters. The number of unbranched alkanes of at least 4 members (excludes halogenated alkanes) is 1. The summed E-state index contributed by atoms with van der Waals surface area (Å²) in [4.78, 5) is 12.3. The average molecular weight is 487 g/mol. The summed E-state index contributed by atoms with van der Waals surface area (Å²) in [7, 11) is 0. The van der Waals surface area contributed by atoms with Crippen molar-refractivity contribution in [3.63, 3.8) is 0 Å². The number of aromatic hydroxyl groups is 2. The lowest BCUT2D eigenvalue weighted by molar-refractivity contribution is -0.114. The SMILES string of the molecule is C[C@H](CCC/C=C\C(=O)CCc1ccc(O)c(OCCc2ccc(O)cc2)c1)CCc1ccccc1. The first-order valence-corrected chi connectivity index (χ1v) is 13.0. The second-order valence-electron chi connectivity index (χ2n) is 9.50. The molecule has 0 unspecified atom stereocenters. The van der Waals surface area contributed by atoms with Gasteiger partial charge in [0.1, 0.15) is 5.75 Å². The summed E-state index contributed by atoms with van der Waals surface area (Å²) in [5.74, 6) is 1.55. The van der Waals surface area contributed by atoms with E-state index in [1.54, 1.807) is 30.3 Å². The number of hydrogen-bond acceptors (Lipinski definition) is 4. The summed E-state index contributed by atoms with van der Waals surface area (Å²) >= 11 is 0. The predicted octanol–water partition coefficient (Wildman–Crippen LogP) is 7.22. The molecule has 2 N–H and O–H groups in total. The standard InChI is InChI=1S/C32H38O4/c1-25(12-13-26-9-5-3-6-10-26)8-4-2-7-11-29(33)20-16-28-17-21-31(35)32(24-28)36-23-22-27-14-18-30(34)19-15-27/h3,5-7,9-11,14-15,17-19,21,24-25,34-35H,2,4,8,12-13,16,20,22-23H2,1H3/b11-7-/t25-/m1/s1. The highest BCUT2D eigenvalue weighted by Crippen LogP contribution is 2.27. The number of allylic oxidation sites excluding steroid dienone is 2. The van der Waals surface area contributed by atoms with Crippen LogP contribution in [0.1, 0.15) is 55.7 Å². The summed E-state index contributed by atoms with van der Waals surface area (Å²) in [6.45, 7) is 2.72. The lowest BCUT2D eigenvalue weighted by Gasteiger charge is -2.10. The third-order valence-corrected chi connectivity index (χ3v) is 6.41. The molecule has 0 aliphatic carbocycles. The highest BCUT2D eigenvalue weighted by Gasteiger charge is 2.07. The van der Waals surface area contributed by atoms with E-state index in [2.05, 4.69) is 37.3 Å². The van der Waals surface area contributed by atoms with Crippen LogP contribution in [0.3, 0.4) is 0 Å². The van der Waals surface area contributed by atoms with Gasteiger partial charge in [-0.05, 0) is 85.1 Å². The molecule has 0 aromatic heterocycles. The van der Waals surface area contributed by atoms with Gasteiger partial charge < -0.3 is 14.9 Å². The molecule has 0 heterocycles. The van der Waals surface area contributed by atoms with E-state index in [4.69, 9.17) is 4.74 Å². The van der Waals surface area contributed by atoms with Crippen LogP contribution in [-0.2, 0) is 24.1 Å². The molecule has 0 bridgehead atoms. The predicted molar refractivity (Wildman–Crippen MR) is 146 cm³/mol. The van der Waals surface area contributed by atoms with Gasteiger partial charge in [0.25, 0.3) is 0 Å². The van der Waals surface area contributed by atoms with Crippen molar-refractivity contribution in [2.75, 3.05) is 6.61 Å². The molecule has 0 fully saturated rings. The van der Waals surface area contributed by atoms with Crippen molar-refractivity contribution < 1.29 is 19.7 Å². The fourth-order valence-corrected chi connectivity index (χ4v) is 4.12. The Hall–Kier alpha value is -3.53. The summed E-state index contributed by atoms with van der Waals surface area (Å²) in [6.07, 6.45) is 10.9. The second-order valence-corrected chi connectivity index (χ2v) is 9.50. The number of carbonyl (C=O) groups excluding carboxylic acids is 1. The van der Waals surface area contributed by atoms with Gasteiger partial charge in [-0.15, -0.1) is 0 Å². The number of hydrogen-bond donors (Lipinski definition) is 2. The van der Waals surface area contributed by atoms with Crippen LogP contribution in [0.2, 0.25) is 0 Å². The fourth-order valence-electron chi connectivity index (χ4n) is 4.12. The van der Waals surface area contributed by atoms with Crippen LogP contribution in [0, 0.1) is 5.92 Å². The van der Waals surface area contributed by atoms with Crippen molar-refractivity contribution in [3.05, 3.63) is 102 Å². The van der Waals surface area contributed by atoms with Crippen LogP contribution in [-0.4, -0.2) is 22.6 Å². The van der Waals surface area contributed by atoms with Gasteiger partial charge in [-0.2, -0.15) is 0 Å². The summed E-state index contributed by atoms with van der Waals surface area (Å²) < 4.78 is 5.76. The van der Waals surface area contributed by atoms with Gasteiger partial charge >= 0.3 is 0 Å². The first-order valence-electron chi connectivity index (χ1n) is 13.0. The number of phenols is 2. The van der Waals surface area contributed by atoms with E-state index < -0.39 is 0 Å². The van der Waals surface area contributed by atoms with Crippen LogP contribution in [0.4, 0.5) is 0 Å². The topological polar surface area (TPSA) is 66.8 Å². The van der Waals surface area contributed by atoms with E-state index in [1.165, 1.54) is 18.4 Å². The Labute approximate surface area is 215 Å². The maximum atomic E-state index is 12.3. The average Bonchev–Trinajstić information content (AvgIpc) is 2.89. The molecule has 3 rings (SSSR count). The van der Waals surface area contributed by atoms with Crippen molar-refractivity contribution in [1.82, 2.24) is 0 Å². The van der Waals surface area contributed by atoms with Gasteiger partial charge in [0.2, 0.25) is 0 Å². The molecular weight excluding hydrogens is 448 g/mol. The Bertz CT molecular complexity index is 1090. The van der Waals surface area contributed by atoms with Gasteiger partial charge in [-0.25, -0.2) is 0 Å². The number of ether oxygens (including phenoxy) is 1. The van der Waals surface area contributed by atoms with Crippen molar-refractivity contribution in [1.29, 1.82) is 0 Å². The van der Waals surface area contributed by atoms with Gasteiger partial charge in [-0.1, -0.05) is 68.0 Å². The minimum absolute atomic E-state index is 0.0914. The largest absolute Gasteiger partial charge is 0.508 e. The van der Waals surface area contributed by atoms with Crippen LogP contribution < -0.4 is 4.74 Å². The third kappa shape index (κ3) is 9.99. The van der Waals surface area contributed by atoms with E-state index in [0.29, 0.717) is 37.5 Å². The zero-order valence-corrected chi connectivity index (χ0v) is 21.2. The summed E-state index contributed by atoms with van der Waals surface area (Å²) in [5.41, 5.74) is 3.40. The second kappa shape index (κ2) is 14.8. The monoisotopic (exact) mass is 486 g/mol. The molecule has 0 aliphatic rings. The third-order valence-electron chi connectivity index (χ3n) is 6.41. The zero-order valence-electron chi connectivity index (χ0n) is 21.2. The maximum Gasteiger partial charge on any atom is 0.161 e. The number of ketones is 1. The van der Waals surface area contributed by atoms with E-state index in [-0.39, 0.29) is 17.3 Å². The number of benzene rings is 3. The van der Waals surface area contributed by atoms with Gasteiger partial charge in [0, 0.05) is 12.8 Å². The molecule has 0 radical (unpaired) electrons. The molecule has 0 aliphatic heterocycles. The Morgan fingerprint density at radius 1 is 0.861 bits per heavy atom. The van der Waals surface area contributed by atoms with Crippen LogP contribution in [0.25, 0.3) is 0 Å². The highest BCUT2D eigenvalue weighted by atomic mass is 16.5. The summed E-state index contributed by atoms with van der Waals surface area (Å²) in [6, 6.07) is 22.9. The lowest BCUT2D eigenvalue weighted by Crippen LogP contribution is -2.02. The first-order chi connectivity index (χ1) is 17.5.